The maximum atomic E-state index is 12.5. The summed E-state index contributed by atoms with van der Waals surface area (Å²) in [5.41, 5.74) is 1.59. The fourth-order valence-electron chi connectivity index (χ4n) is 3.36. The number of benzene rings is 1. The van der Waals surface area contributed by atoms with E-state index in [2.05, 4.69) is 30.8 Å². The normalized spacial score (nSPS) is 15.1. The average Bonchev–Trinajstić information content (AvgIpc) is 3.20. The summed E-state index contributed by atoms with van der Waals surface area (Å²) in [7, 11) is 1.64. The third-order valence-corrected chi connectivity index (χ3v) is 4.89. The van der Waals surface area contributed by atoms with Gasteiger partial charge < -0.3 is 15.0 Å². The molecule has 2 aromatic heterocycles. The van der Waals surface area contributed by atoms with Gasteiger partial charge >= 0.3 is 0 Å². The second kappa shape index (κ2) is 7.56. The highest BCUT2D eigenvalue weighted by molar-refractivity contribution is 5.79. The van der Waals surface area contributed by atoms with Crippen molar-refractivity contribution in [3.63, 3.8) is 0 Å². The molecule has 3 aromatic rings. The van der Waals surface area contributed by atoms with Gasteiger partial charge in [0.15, 0.2) is 11.5 Å². The highest BCUT2D eigenvalue weighted by Crippen LogP contribution is 2.22. The van der Waals surface area contributed by atoms with Gasteiger partial charge in [0, 0.05) is 31.1 Å². The van der Waals surface area contributed by atoms with Crippen LogP contribution < -0.4 is 15.0 Å². The van der Waals surface area contributed by atoms with E-state index in [0.29, 0.717) is 12.2 Å². The van der Waals surface area contributed by atoms with Crippen LogP contribution in [0.1, 0.15) is 18.4 Å². The van der Waals surface area contributed by atoms with Crippen LogP contribution in [0.15, 0.2) is 36.4 Å². The third kappa shape index (κ3) is 3.67. The molecule has 3 heterocycles. The monoisotopic (exact) mass is 367 g/mol. The molecule has 4 rings (SSSR count). The van der Waals surface area contributed by atoms with Gasteiger partial charge in [-0.15, -0.1) is 14.8 Å². The predicted molar refractivity (Wildman–Crippen MR) is 98.4 cm³/mol. The van der Waals surface area contributed by atoms with E-state index in [-0.39, 0.29) is 11.8 Å². The van der Waals surface area contributed by atoms with Crippen molar-refractivity contribution in [2.24, 2.45) is 5.92 Å². The summed E-state index contributed by atoms with van der Waals surface area (Å²) in [5.74, 6) is 1.71. The first-order valence-corrected chi connectivity index (χ1v) is 8.94. The summed E-state index contributed by atoms with van der Waals surface area (Å²) in [4.78, 5) is 14.7. The minimum atomic E-state index is 0.00715. The number of piperidine rings is 1. The van der Waals surface area contributed by atoms with Crippen LogP contribution in [0.25, 0.3) is 5.65 Å². The van der Waals surface area contributed by atoms with Crippen LogP contribution in [0.3, 0.4) is 0 Å². The topological polar surface area (TPSA) is 97.5 Å². The van der Waals surface area contributed by atoms with Crippen molar-refractivity contribution in [1.29, 1.82) is 0 Å². The first kappa shape index (κ1) is 17.2. The molecule has 0 unspecified atom stereocenters. The van der Waals surface area contributed by atoms with E-state index in [1.807, 2.05) is 36.4 Å². The Morgan fingerprint density at radius 3 is 2.85 bits per heavy atom. The number of carbonyl (C=O) groups excluding carboxylic acids is 1. The number of carbonyl (C=O) groups is 1. The summed E-state index contributed by atoms with van der Waals surface area (Å²) in [6, 6.07) is 11.5. The van der Waals surface area contributed by atoms with Gasteiger partial charge in [0.2, 0.25) is 5.91 Å². The van der Waals surface area contributed by atoms with Crippen molar-refractivity contribution in [1.82, 2.24) is 30.6 Å². The van der Waals surface area contributed by atoms with Gasteiger partial charge in [0.05, 0.1) is 7.11 Å². The zero-order chi connectivity index (χ0) is 18.6. The molecular weight excluding hydrogens is 346 g/mol. The Balaban J connectivity index is 1.32. The largest absolute Gasteiger partial charge is 0.496 e. The van der Waals surface area contributed by atoms with Crippen LogP contribution in [0.5, 0.6) is 5.75 Å². The molecule has 9 nitrogen and oxygen atoms in total. The Kier molecular flexibility index (Phi) is 4.82. The number of nitrogens with zero attached hydrogens (tertiary/aromatic N) is 6. The molecule has 0 saturated carbocycles. The maximum absolute atomic E-state index is 12.5. The molecule has 1 N–H and O–H groups in total. The molecule has 0 bridgehead atoms. The third-order valence-electron chi connectivity index (χ3n) is 4.89. The molecule has 9 heteroatoms. The summed E-state index contributed by atoms with van der Waals surface area (Å²) >= 11 is 0. The lowest BCUT2D eigenvalue weighted by Gasteiger charge is -2.31. The highest BCUT2D eigenvalue weighted by atomic mass is 16.5. The molecule has 0 atom stereocenters. The molecule has 1 amide bonds. The SMILES string of the molecule is COc1ccccc1CNC(=O)C1CCN(c2ccc3nnnn3n2)CC1. The van der Waals surface area contributed by atoms with Crippen molar-refractivity contribution in [2.75, 3.05) is 25.1 Å². The molecule has 27 heavy (non-hydrogen) atoms. The fourth-order valence-corrected chi connectivity index (χ4v) is 3.36. The summed E-state index contributed by atoms with van der Waals surface area (Å²) in [6.07, 6.45) is 1.57. The van der Waals surface area contributed by atoms with Gasteiger partial charge in [0.1, 0.15) is 5.75 Å². The summed E-state index contributed by atoms with van der Waals surface area (Å²) < 4.78 is 6.75. The summed E-state index contributed by atoms with van der Waals surface area (Å²) in [5, 5.41) is 18.7. The number of hydrogen-bond acceptors (Lipinski definition) is 7. The van der Waals surface area contributed by atoms with Crippen molar-refractivity contribution in [3.8, 4) is 5.75 Å². The van der Waals surface area contributed by atoms with E-state index in [1.54, 1.807) is 7.11 Å². The molecule has 0 radical (unpaired) electrons. The number of ether oxygens (including phenoxy) is 1. The Morgan fingerprint density at radius 1 is 1.22 bits per heavy atom. The van der Waals surface area contributed by atoms with Crippen LogP contribution in [-0.4, -0.2) is 51.4 Å². The quantitative estimate of drug-likeness (QED) is 0.720. The number of rotatable bonds is 5. The lowest BCUT2D eigenvalue weighted by Crippen LogP contribution is -2.40. The van der Waals surface area contributed by atoms with E-state index >= 15 is 0 Å². The van der Waals surface area contributed by atoms with Gasteiger partial charge in [-0.3, -0.25) is 4.79 Å². The van der Waals surface area contributed by atoms with Crippen LogP contribution in [-0.2, 0) is 11.3 Å². The average molecular weight is 367 g/mol. The molecule has 1 saturated heterocycles. The molecule has 1 aromatic carbocycles. The van der Waals surface area contributed by atoms with Gasteiger partial charge in [0.25, 0.3) is 0 Å². The number of nitrogens with one attached hydrogen (secondary N) is 1. The number of amides is 1. The predicted octanol–water partition coefficient (Wildman–Crippen LogP) is 1.06. The minimum Gasteiger partial charge on any atom is -0.496 e. The van der Waals surface area contributed by atoms with Crippen molar-refractivity contribution in [3.05, 3.63) is 42.0 Å². The standard InChI is InChI=1S/C18H21N7O2/c1-27-15-5-3-2-4-14(15)12-19-18(26)13-8-10-24(11-9-13)17-7-6-16-20-22-23-25(16)21-17/h2-7,13H,8-12H2,1H3,(H,19,26). The van der Waals surface area contributed by atoms with Gasteiger partial charge in [-0.1, -0.05) is 18.2 Å². The number of fused-ring (bicyclic) bond motifs is 1. The molecule has 0 spiro atoms. The second-order valence-electron chi connectivity index (χ2n) is 6.51. The van der Waals surface area contributed by atoms with Gasteiger partial charge in [-0.25, -0.2) is 0 Å². The molecular formula is C18H21N7O2. The van der Waals surface area contributed by atoms with Crippen LogP contribution in [0.4, 0.5) is 5.82 Å². The van der Waals surface area contributed by atoms with Gasteiger partial charge in [-0.2, -0.15) is 0 Å². The lowest BCUT2D eigenvalue weighted by atomic mass is 9.96. The van der Waals surface area contributed by atoms with Crippen molar-refractivity contribution >= 4 is 17.4 Å². The van der Waals surface area contributed by atoms with Crippen LogP contribution in [0, 0.1) is 5.92 Å². The second-order valence-corrected chi connectivity index (χ2v) is 6.51. The van der Waals surface area contributed by atoms with Crippen LogP contribution in [0.2, 0.25) is 0 Å². The van der Waals surface area contributed by atoms with E-state index < -0.39 is 0 Å². The zero-order valence-corrected chi connectivity index (χ0v) is 15.1. The van der Waals surface area contributed by atoms with Crippen molar-refractivity contribution < 1.29 is 9.53 Å². The Hall–Kier alpha value is -3.23. The zero-order valence-electron chi connectivity index (χ0n) is 15.1. The molecule has 1 aliphatic rings. The number of hydrogen-bond donors (Lipinski definition) is 1. The summed E-state index contributed by atoms with van der Waals surface area (Å²) in [6.45, 7) is 2.02. The molecule has 140 valence electrons. The number of aromatic nitrogens is 5. The van der Waals surface area contributed by atoms with Crippen LogP contribution >= 0.6 is 0 Å². The number of para-hydroxylation sites is 1. The Bertz CT molecular complexity index is 934. The molecule has 0 aliphatic carbocycles. The maximum Gasteiger partial charge on any atom is 0.223 e. The number of anilines is 1. The number of methoxy groups -OCH3 is 1. The van der Waals surface area contributed by atoms with E-state index in [9.17, 15) is 4.79 Å². The first-order chi connectivity index (χ1) is 13.2. The van der Waals surface area contributed by atoms with E-state index in [4.69, 9.17) is 4.74 Å². The first-order valence-electron chi connectivity index (χ1n) is 8.94. The smallest absolute Gasteiger partial charge is 0.223 e. The number of tetrazole rings is 1. The van der Waals surface area contributed by atoms with Crippen molar-refractivity contribution in [2.45, 2.75) is 19.4 Å². The minimum absolute atomic E-state index is 0.00715. The van der Waals surface area contributed by atoms with E-state index in [0.717, 1.165) is 43.1 Å². The van der Waals surface area contributed by atoms with E-state index in [1.165, 1.54) is 4.63 Å². The Morgan fingerprint density at radius 2 is 2.04 bits per heavy atom. The molecule has 1 aliphatic heterocycles. The van der Waals surface area contributed by atoms with Gasteiger partial charge in [-0.05, 0) is 41.5 Å². The Labute approximate surface area is 156 Å². The fraction of sp³-hybridized carbons (Fsp3) is 0.389. The lowest BCUT2D eigenvalue weighted by molar-refractivity contribution is -0.125. The highest BCUT2D eigenvalue weighted by Gasteiger charge is 2.26. The molecule has 1 fully saturated rings.